The first kappa shape index (κ1) is 72.9. The first-order chi connectivity index (χ1) is 37.0. The number of carbonyl (C=O) groups excluding carboxylic acids is 3. The second-order valence-corrected chi connectivity index (χ2v) is 23.1. The van der Waals surface area contributed by atoms with Crippen molar-refractivity contribution < 1.29 is 28.6 Å². The van der Waals surface area contributed by atoms with Crippen LogP contribution in [0.4, 0.5) is 0 Å². The highest BCUT2D eigenvalue weighted by Crippen LogP contribution is 2.18. The SMILES string of the molecule is CCCCCC/C=C\C/C=C\CCCCCCCCCC(=O)OC(COC(=O)CCCCCCCCCCCCCCCCCCC)COC(=O)CCCCCCCCCCCCCCCCCCCCCCCC. The van der Waals surface area contributed by atoms with Gasteiger partial charge >= 0.3 is 17.9 Å². The summed E-state index contributed by atoms with van der Waals surface area (Å²) in [5, 5.41) is 0. The van der Waals surface area contributed by atoms with Crippen LogP contribution in [0.1, 0.15) is 380 Å². The van der Waals surface area contributed by atoms with E-state index in [9.17, 15) is 14.4 Å². The van der Waals surface area contributed by atoms with E-state index in [0.717, 1.165) is 70.6 Å². The highest BCUT2D eigenvalue weighted by atomic mass is 16.6. The van der Waals surface area contributed by atoms with Crippen LogP contribution in [0.3, 0.4) is 0 Å². The van der Waals surface area contributed by atoms with Gasteiger partial charge in [-0.15, -0.1) is 0 Å². The molecule has 0 aromatic heterocycles. The molecular formula is C69H130O6. The molecule has 0 N–H and O–H groups in total. The van der Waals surface area contributed by atoms with Crippen LogP contribution in [-0.2, 0) is 28.6 Å². The second kappa shape index (κ2) is 64.4. The Balaban J connectivity index is 4.29. The summed E-state index contributed by atoms with van der Waals surface area (Å²) in [6, 6.07) is 0. The highest BCUT2D eigenvalue weighted by molar-refractivity contribution is 5.71. The van der Waals surface area contributed by atoms with E-state index in [1.165, 1.54) is 270 Å². The van der Waals surface area contributed by atoms with Crippen molar-refractivity contribution in [2.75, 3.05) is 13.2 Å². The van der Waals surface area contributed by atoms with Crippen LogP contribution in [0, 0.1) is 0 Å². The Hall–Kier alpha value is -2.11. The van der Waals surface area contributed by atoms with Crippen molar-refractivity contribution in [3.8, 4) is 0 Å². The molecule has 0 heterocycles. The standard InChI is InChI=1S/C69H130O6/c1-4-7-10-13-16-19-22-25-28-31-33-34-35-36-39-41-44-47-50-53-56-59-62-68(71)74-65-66(64-73-67(70)61-58-55-52-49-46-43-40-37-30-27-24-21-18-15-12-9-6-3)75-69(72)63-60-57-54-51-48-45-42-38-32-29-26-23-20-17-14-11-8-5-2/h20,23,29,32,66H,4-19,21-22,24-28,30-31,33-65H2,1-3H3/b23-20-,32-29-. The first-order valence-corrected chi connectivity index (χ1v) is 33.8. The van der Waals surface area contributed by atoms with E-state index in [0.29, 0.717) is 19.3 Å². The van der Waals surface area contributed by atoms with Crippen molar-refractivity contribution >= 4 is 17.9 Å². The smallest absolute Gasteiger partial charge is 0.306 e. The monoisotopic (exact) mass is 1050 g/mol. The van der Waals surface area contributed by atoms with Gasteiger partial charge in [-0.25, -0.2) is 0 Å². The van der Waals surface area contributed by atoms with Gasteiger partial charge in [0.1, 0.15) is 13.2 Å². The molecule has 0 saturated heterocycles. The fourth-order valence-corrected chi connectivity index (χ4v) is 10.4. The maximum atomic E-state index is 12.9. The first-order valence-electron chi connectivity index (χ1n) is 33.8. The zero-order valence-electron chi connectivity index (χ0n) is 50.8. The van der Waals surface area contributed by atoms with Crippen LogP contribution in [0.5, 0.6) is 0 Å². The molecule has 1 atom stereocenters. The minimum atomic E-state index is -0.772. The van der Waals surface area contributed by atoms with Crippen LogP contribution >= 0.6 is 0 Å². The van der Waals surface area contributed by atoms with E-state index in [-0.39, 0.29) is 31.1 Å². The number of hydrogen-bond donors (Lipinski definition) is 0. The molecule has 0 rings (SSSR count). The third-order valence-corrected chi connectivity index (χ3v) is 15.5. The van der Waals surface area contributed by atoms with Gasteiger partial charge in [0.05, 0.1) is 0 Å². The topological polar surface area (TPSA) is 78.9 Å². The van der Waals surface area contributed by atoms with E-state index in [4.69, 9.17) is 14.2 Å². The molecule has 1 unspecified atom stereocenters. The van der Waals surface area contributed by atoms with Crippen LogP contribution in [-0.4, -0.2) is 37.2 Å². The van der Waals surface area contributed by atoms with Crippen LogP contribution in [0.25, 0.3) is 0 Å². The largest absolute Gasteiger partial charge is 0.462 e. The summed E-state index contributed by atoms with van der Waals surface area (Å²) in [7, 11) is 0. The van der Waals surface area contributed by atoms with Gasteiger partial charge in [-0.05, 0) is 51.4 Å². The van der Waals surface area contributed by atoms with Crippen LogP contribution in [0.2, 0.25) is 0 Å². The molecule has 0 aliphatic rings. The van der Waals surface area contributed by atoms with Crippen molar-refractivity contribution in [3.05, 3.63) is 24.3 Å². The molecule has 0 spiro atoms. The third kappa shape index (κ3) is 62.6. The molecule has 0 fully saturated rings. The van der Waals surface area contributed by atoms with Crippen LogP contribution < -0.4 is 0 Å². The highest BCUT2D eigenvalue weighted by Gasteiger charge is 2.19. The summed E-state index contributed by atoms with van der Waals surface area (Å²) in [5.74, 6) is -0.844. The molecule has 6 heteroatoms. The van der Waals surface area contributed by atoms with E-state index in [2.05, 4.69) is 45.1 Å². The Kier molecular flexibility index (Phi) is 62.6. The minimum Gasteiger partial charge on any atom is -0.462 e. The molecule has 75 heavy (non-hydrogen) atoms. The summed E-state index contributed by atoms with van der Waals surface area (Å²) in [4.78, 5) is 38.4. The molecule has 0 bridgehead atoms. The number of carbonyl (C=O) groups is 3. The van der Waals surface area contributed by atoms with Crippen molar-refractivity contribution in [1.29, 1.82) is 0 Å². The van der Waals surface area contributed by atoms with Crippen molar-refractivity contribution in [2.24, 2.45) is 0 Å². The zero-order valence-corrected chi connectivity index (χ0v) is 50.8. The number of unbranched alkanes of at least 4 members (excludes halogenated alkanes) is 48. The number of esters is 3. The number of rotatable bonds is 63. The summed E-state index contributed by atoms with van der Waals surface area (Å²) >= 11 is 0. The lowest BCUT2D eigenvalue weighted by atomic mass is 10.0. The van der Waals surface area contributed by atoms with Gasteiger partial charge in [0.2, 0.25) is 0 Å². The predicted molar refractivity (Wildman–Crippen MR) is 326 cm³/mol. The van der Waals surface area contributed by atoms with Gasteiger partial charge in [0.15, 0.2) is 6.10 Å². The molecule has 0 saturated carbocycles. The number of ether oxygens (including phenoxy) is 3. The Bertz CT molecular complexity index is 1210. The van der Waals surface area contributed by atoms with Gasteiger partial charge in [-0.3, -0.25) is 14.4 Å². The third-order valence-electron chi connectivity index (χ3n) is 15.5. The normalized spacial score (nSPS) is 12.1. The van der Waals surface area contributed by atoms with Gasteiger partial charge in [-0.1, -0.05) is 334 Å². The molecule has 0 aromatic carbocycles. The van der Waals surface area contributed by atoms with Crippen molar-refractivity contribution in [3.63, 3.8) is 0 Å². The van der Waals surface area contributed by atoms with E-state index in [1.54, 1.807) is 0 Å². The number of allylic oxidation sites excluding steroid dienone is 4. The molecule has 0 aliphatic heterocycles. The lowest BCUT2D eigenvalue weighted by molar-refractivity contribution is -0.167. The lowest BCUT2D eigenvalue weighted by Gasteiger charge is -2.18. The fourth-order valence-electron chi connectivity index (χ4n) is 10.4. The fraction of sp³-hybridized carbons (Fsp3) is 0.899. The van der Waals surface area contributed by atoms with E-state index >= 15 is 0 Å². The molecular weight excluding hydrogens is 925 g/mol. The molecule has 6 nitrogen and oxygen atoms in total. The maximum absolute atomic E-state index is 12.9. The van der Waals surface area contributed by atoms with E-state index in [1.807, 2.05) is 0 Å². The van der Waals surface area contributed by atoms with E-state index < -0.39 is 6.10 Å². The maximum Gasteiger partial charge on any atom is 0.306 e. The minimum absolute atomic E-state index is 0.0682. The van der Waals surface area contributed by atoms with Crippen LogP contribution in [0.15, 0.2) is 24.3 Å². The quantitative estimate of drug-likeness (QED) is 0.0261. The molecule has 0 radical (unpaired) electrons. The second-order valence-electron chi connectivity index (χ2n) is 23.1. The van der Waals surface area contributed by atoms with Crippen molar-refractivity contribution in [2.45, 2.75) is 386 Å². The summed E-state index contributed by atoms with van der Waals surface area (Å²) in [6.45, 7) is 6.70. The summed E-state index contributed by atoms with van der Waals surface area (Å²) < 4.78 is 17.0. The molecule has 442 valence electrons. The van der Waals surface area contributed by atoms with Gasteiger partial charge < -0.3 is 14.2 Å². The number of hydrogen-bond acceptors (Lipinski definition) is 6. The average molecular weight is 1060 g/mol. The Morgan fingerprint density at radius 2 is 0.480 bits per heavy atom. The van der Waals surface area contributed by atoms with Gasteiger partial charge in [0, 0.05) is 19.3 Å². The Morgan fingerprint density at radius 1 is 0.267 bits per heavy atom. The Morgan fingerprint density at radius 3 is 0.747 bits per heavy atom. The molecule has 0 aliphatic carbocycles. The molecule has 0 amide bonds. The predicted octanol–water partition coefficient (Wildman–Crippen LogP) is 23.0. The van der Waals surface area contributed by atoms with Crippen molar-refractivity contribution in [1.82, 2.24) is 0 Å². The zero-order chi connectivity index (χ0) is 54.3. The lowest BCUT2D eigenvalue weighted by Crippen LogP contribution is -2.30. The Labute approximate surface area is 468 Å². The van der Waals surface area contributed by atoms with Gasteiger partial charge in [0.25, 0.3) is 0 Å². The average Bonchev–Trinajstić information content (AvgIpc) is 3.41. The summed E-state index contributed by atoms with van der Waals surface area (Å²) in [5.41, 5.74) is 0. The summed E-state index contributed by atoms with van der Waals surface area (Å²) in [6.07, 6.45) is 77.6. The van der Waals surface area contributed by atoms with Gasteiger partial charge in [-0.2, -0.15) is 0 Å². The molecule has 0 aromatic rings.